The molecule has 0 aromatic carbocycles. The van der Waals surface area contributed by atoms with Crippen LogP contribution in [0.2, 0.25) is 0 Å². The molecule has 0 spiro atoms. The van der Waals surface area contributed by atoms with Crippen molar-refractivity contribution in [3.8, 4) is 0 Å². The second-order valence-electron chi connectivity index (χ2n) is 7.54. The Hall–Kier alpha value is -0.830. The molecule has 4 atom stereocenters. The zero-order valence-electron chi connectivity index (χ0n) is 13.8. The first-order valence-corrected chi connectivity index (χ1v) is 7.84. The van der Waals surface area contributed by atoms with Gasteiger partial charge in [0.15, 0.2) is 0 Å². The van der Waals surface area contributed by atoms with Crippen LogP contribution in [0.15, 0.2) is 11.6 Å². The molecule has 0 bridgehead atoms. The largest absolute Gasteiger partial charge is 0.359 e. The van der Waals surface area contributed by atoms with Crippen LogP contribution in [0.5, 0.6) is 0 Å². The highest BCUT2D eigenvalue weighted by Gasteiger charge is 2.68. The van der Waals surface area contributed by atoms with Gasteiger partial charge in [-0.3, -0.25) is 4.79 Å². The standard InChI is InChI=1S/C17H30N2O/c1-11-7-8-12-13(17(12,4)15(20)19-6)14(18-5)16(2,3)10-9-11/h9,12-14,18H,7-8,10H2,1-6H3,(H,19,20)/b11-9+. The first-order valence-electron chi connectivity index (χ1n) is 7.84. The lowest BCUT2D eigenvalue weighted by Crippen LogP contribution is -2.44. The van der Waals surface area contributed by atoms with E-state index in [9.17, 15) is 4.79 Å². The van der Waals surface area contributed by atoms with E-state index < -0.39 is 0 Å². The van der Waals surface area contributed by atoms with E-state index in [1.165, 1.54) is 5.57 Å². The van der Waals surface area contributed by atoms with Crippen molar-refractivity contribution in [2.24, 2.45) is 22.7 Å². The smallest absolute Gasteiger partial charge is 0.226 e. The molecule has 20 heavy (non-hydrogen) atoms. The van der Waals surface area contributed by atoms with Gasteiger partial charge in [-0.2, -0.15) is 0 Å². The molecule has 0 saturated heterocycles. The minimum Gasteiger partial charge on any atom is -0.359 e. The Balaban J connectivity index is 2.36. The molecule has 0 aliphatic heterocycles. The predicted molar refractivity (Wildman–Crippen MR) is 83.4 cm³/mol. The number of hydrogen-bond donors (Lipinski definition) is 2. The van der Waals surface area contributed by atoms with Gasteiger partial charge >= 0.3 is 0 Å². The third kappa shape index (κ3) is 2.30. The maximum Gasteiger partial charge on any atom is 0.226 e. The van der Waals surface area contributed by atoms with E-state index in [2.05, 4.69) is 44.4 Å². The van der Waals surface area contributed by atoms with Gasteiger partial charge in [-0.25, -0.2) is 0 Å². The quantitative estimate of drug-likeness (QED) is 0.763. The van der Waals surface area contributed by atoms with Crippen LogP contribution >= 0.6 is 0 Å². The predicted octanol–water partition coefficient (Wildman–Crippen LogP) is 2.73. The average Bonchev–Trinajstić information content (AvgIpc) is 2.98. The average molecular weight is 278 g/mol. The molecule has 3 nitrogen and oxygen atoms in total. The SMILES string of the molecule is CNC(=O)C1(C)C2CC/C(C)=C/CC(C)(C)C(NC)C21. The third-order valence-electron chi connectivity index (χ3n) is 5.84. The Morgan fingerprint density at radius 2 is 1.95 bits per heavy atom. The molecule has 3 heteroatoms. The number of rotatable bonds is 2. The lowest BCUT2D eigenvalue weighted by molar-refractivity contribution is -0.126. The normalized spacial score (nSPS) is 42.3. The lowest BCUT2D eigenvalue weighted by Gasteiger charge is -2.35. The van der Waals surface area contributed by atoms with Gasteiger partial charge in [0.1, 0.15) is 0 Å². The Morgan fingerprint density at radius 3 is 2.50 bits per heavy atom. The summed E-state index contributed by atoms with van der Waals surface area (Å²) in [7, 11) is 3.80. The number of fused-ring (bicyclic) bond motifs is 1. The Kier molecular flexibility index (Phi) is 4.03. The van der Waals surface area contributed by atoms with Crippen LogP contribution in [0, 0.1) is 22.7 Å². The number of nitrogens with one attached hydrogen (secondary N) is 2. The minimum absolute atomic E-state index is 0.176. The Morgan fingerprint density at radius 1 is 1.30 bits per heavy atom. The van der Waals surface area contributed by atoms with Crippen molar-refractivity contribution in [1.82, 2.24) is 10.6 Å². The summed E-state index contributed by atoms with van der Waals surface area (Å²) < 4.78 is 0. The Bertz CT molecular complexity index is 427. The second kappa shape index (κ2) is 5.18. The van der Waals surface area contributed by atoms with E-state index in [0.717, 1.165) is 19.3 Å². The van der Waals surface area contributed by atoms with Gasteiger partial charge in [-0.1, -0.05) is 32.4 Å². The summed E-state index contributed by atoms with van der Waals surface area (Å²) in [5.41, 5.74) is 1.45. The van der Waals surface area contributed by atoms with Crippen LogP contribution in [0.1, 0.15) is 47.0 Å². The van der Waals surface area contributed by atoms with E-state index in [-0.39, 0.29) is 16.7 Å². The van der Waals surface area contributed by atoms with Gasteiger partial charge in [0, 0.05) is 13.1 Å². The van der Waals surface area contributed by atoms with Crippen LogP contribution in [-0.4, -0.2) is 26.0 Å². The van der Waals surface area contributed by atoms with Crippen molar-refractivity contribution in [3.63, 3.8) is 0 Å². The summed E-state index contributed by atoms with van der Waals surface area (Å²) in [6.07, 6.45) is 5.73. The summed E-state index contributed by atoms with van der Waals surface area (Å²) in [4.78, 5) is 12.4. The molecule has 0 radical (unpaired) electrons. The van der Waals surface area contributed by atoms with E-state index in [1.807, 2.05) is 7.05 Å². The van der Waals surface area contributed by atoms with Gasteiger partial charge < -0.3 is 10.6 Å². The Labute approximate surface area is 123 Å². The maximum atomic E-state index is 12.4. The van der Waals surface area contributed by atoms with Crippen molar-refractivity contribution < 1.29 is 4.79 Å². The van der Waals surface area contributed by atoms with Gasteiger partial charge in [0.05, 0.1) is 5.41 Å². The molecule has 2 N–H and O–H groups in total. The van der Waals surface area contributed by atoms with Crippen LogP contribution in [0.4, 0.5) is 0 Å². The monoisotopic (exact) mass is 278 g/mol. The fraction of sp³-hybridized carbons (Fsp3) is 0.824. The van der Waals surface area contributed by atoms with Gasteiger partial charge in [0.2, 0.25) is 5.91 Å². The summed E-state index contributed by atoms with van der Waals surface area (Å²) in [5, 5.41) is 6.40. The lowest BCUT2D eigenvalue weighted by atomic mass is 9.76. The number of hydrogen-bond acceptors (Lipinski definition) is 2. The molecular formula is C17H30N2O. The molecule has 2 aliphatic carbocycles. The summed E-state index contributed by atoms with van der Waals surface area (Å²) >= 11 is 0. The van der Waals surface area contributed by atoms with Gasteiger partial charge in [-0.15, -0.1) is 0 Å². The molecule has 4 unspecified atom stereocenters. The van der Waals surface area contributed by atoms with E-state index in [1.54, 1.807) is 7.05 Å². The second-order valence-corrected chi connectivity index (χ2v) is 7.54. The van der Waals surface area contributed by atoms with E-state index >= 15 is 0 Å². The topological polar surface area (TPSA) is 41.1 Å². The number of allylic oxidation sites excluding steroid dienone is 2. The van der Waals surface area contributed by atoms with Crippen molar-refractivity contribution >= 4 is 5.91 Å². The highest BCUT2D eigenvalue weighted by atomic mass is 16.2. The zero-order chi connectivity index (χ0) is 15.1. The van der Waals surface area contributed by atoms with Crippen LogP contribution < -0.4 is 10.6 Å². The number of amides is 1. The molecule has 0 aromatic rings. The first-order chi connectivity index (χ1) is 9.29. The molecule has 2 aliphatic rings. The fourth-order valence-electron chi connectivity index (χ4n) is 4.39. The maximum absolute atomic E-state index is 12.4. The molecule has 1 fully saturated rings. The molecule has 1 saturated carbocycles. The van der Waals surface area contributed by atoms with Crippen molar-refractivity contribution in [3.05, 3.63) is 11.6 Å². The molecule has 1 amide bonds. The molecule has 2 rings (SSSR count). The highest BCUT2D eigenvalue weighted by Crippen LogP contribution is 2.65. The van der Waals surface area contributed by atoms with Crippen LogP contribution in [0.3, 0.4) is 0 Å². The van der Waals surface area contributed by atoms with E-state index in [0.29, 0.717) is 17.9 Å². The molecule has 114 valence electrons. The zero-order valence-corrected chi connectivity index (χ0v) is 13.8. The van der Waals surface area contributed by atoms with Crippen molar-refractivity contribution in [1.29, 1.82) is 0 Å². The minimum atomic E-state index is -0.197. The molecule has 0 heterocycles. The van der Waals surface area contributed by atoms with Crippen molar-refractivity contribution in [2.75, 3.05) is 14.1 Å². The number of carbonyl (C=O) groups is 1. The van der Waals surface area contributed by atoms with Crippen LogP contribution in [-0.2, 0) is 4.79 Å². The number of carbonyl (C=O) groups excluding carboxylic acids is 1. The highest BCUT2D eigenvalue weighted by molar-refractivity contribution is 5.86. The van der Waals surface area contributed by atoms with E-state index in [4.69, 9.17) is 0 Å². The summed E-state index contributed by atoms with van der Waals surface area (Å²) in [5.74, 6) is 1.16. The van der Waals surface area contributed by atoms with Crippen LogP contribution in [0.25, 0.3) is 0 Å². The molecular weight excluding hydrogens is 248 g/mol. The third-order valence-corrected chi connectivity index (χ3v) is 5.84. The fourth-order valence-corrected chi connectivity index (χ4v) is 4.39. The molecule has 0 aromatic heterocycles. The summed E-state index contributed by atoms with van der Waals surface area (Å²) in [6, 6.07) is 0.386. The van der Waals surface area contributed by atoms with Crippen molar-refractivity contribution in [2.45, 2.75) is 53.0 Å². The van der Waals surface area contributed by atoms with Gasteiger partial charge in [0.25, 0.3) is 0 Å². The summed E-state index contributed by atoms with van der Waals surface area (Å²) in [6.45, 7) is 9.03. The van der Waals surface area contributed by atoms with Gasteiger partial charge in [-0.05, 0) is 50.5 Å². The first kappa shape index (κ1) is 15.6.